The number of hydrogen-bond acceptors (Lipinski definition) is 7. The van der Waals surface area contributed by atoms with Crippen LogP contribution in [0, 0.1) is 20.8 Å². The number of ether oxygens (including phenoxy) is 2. The molecule has 0 aliphatic carbocycles. The van der Waals surface area contributed by atoms with Crippen molar-refractivity contribution in [2.45, 2.75) is 32.5 Å². The van der Waals surface area contributed by atoms with Crippen LogP contribution < -0.4 is 14.8 Å². The van der Waals surface area contributed by atoms with Crippen LogP contribution in [-0.4, -0.2) is 38.5 Å². The van der Waals surface area contributed by atoms with Gasteiger partial charge in [0, 0.05) is 24.5 Å². The molecule has 0 radical (unpaired) electrons. The Morgan fingerprint density at radius 2 is 1.83 bits per heavy atom. The van der Waals surface area contributed by atoms with Crippen LogP contribution in [0.25, 0.3) is 5.69 Å². The van der Waals surface area contributed by atoms with E-state index in [1.807, 2.05) is 73.9 Å². The summed E-state index contributed by atoms with van der Waals surface area (Å²) in [7, 11) is 1.63. The molecule has 35 heavy (non-hydrogen) atoms. The predicted molar refractivity (Wildman–Crippen MR) is 135 cm³/mol. The summed E-state index contributed by atoms with van der Waals surface area (Å²) in [4.78, 5) is 16.8. The Morgan fingerprint density at radius 3 is 2.54 bits per heavy atom. The number of aryl methyl sites for hydroxylation is 3. The van der Waals surface area contributed by atoms with Gasteiger partial charge in [0.05, 0.1) is 12.9 Å². The molecule has 0 aliphatic heterocycles. The van der Waals surface area contributed by atoms with Crippen LogP contribution in [0.15, 0.2) is 66.0 Å². The van der Waals surface area contributed by atoms with Crippen LogP contribution in [0.5, 0.6) is 17.4 Å². The second-order valence-electron chi connectivity index (χ2n) is 8.00. The predicted octanol–water partition coefficient (Wildman–Crippen LogP) is 4.80. The molecule has 0 bridgehead atoms. The van der Waals surface area contributed by atoms with Gasteiger partial charge >= 0.3 is 0 Å². The van der Waals surface area contributed by atoms with Gasteiger partial charge in [0.2, 0.25) is 11.8 Å². The maximum absolute atomic E-state index is 12.5. The number of aromatic nitrogens is 4. The fraction of sp³-hybridized carbons (Fsp3) is 0.231. The Balaban J connectivity index is 1.30. The van der Waals surface area contributed by atoms with E-state index in [9.17, 15) is 4.79 Å². The van der Waals surface area contributed by atoms with Crippen molar-refractivity contribution in [1.82, 2.24) is 25.1 Å². The zero-order chi connectivity index (χ0) is 24.8. The average Bonchev–Trinajstić information content (AvgIpc) is 3.24. The van der Waals surface area contributed by atoms with Crippen LogP contribution >= 0.6 is 11.8 Å². The van der Waals surface area contributed by atoms with Gasteiger partial charge < -0.3 is 14.8 Å². The molecule has 1 N–H and O–H groups in total. The molecule has 0 spiro atoms. The van der Waals surface area contributed by atoms with E-state index in [2.05, 4.69) is 20.5 Å². The standard InChI is InChI=1S/C26H27N5O3S/c1-17-5-6-18(2)23(13-17)34-25-12-7-20(15-28-25)14-27-24(32)16-35-26-30-29-19(3)31(26)21-8-10-22(33-4)11-9-21/h5-13,15H,14,16H2,1-4H3,(H,27,32). The number of carbonyl (C=O) groups excluding carboxylic acids is 1. The SMILES string of the molecule is COc1ccc(-n2c(C)nnc2SCC(=O)NCc2ccc(Oc3cc(C)ccc3C)nc2)cc1. The van der Waals surface area contributed by atoms with E-state index in [0.717, 1.165) is 39.7 Å². The summed E-state index contributed by atoms with van der Waals surface area (Å²) in [5.41, 5.74) is 3.96. The molecular weight excluding hydrogens is 462 g/mol. The van der Waals surface area contributed by atoms with Crippen LogP contribution in [0.4, 0.5) is 0 Å². The summed E-state index contributed by atoms with van der Waals surface area (Å²) < 4.78 is 13.0. The first kappa shape index (κ1) is 24.3. The van der Waals surface area contributed by atoms with Crippen molar-refractivity contribution in [2.24, 2.45) is 0 Å². The third-order valence-electron chi connectivity index (χ3n) is 5.30. The smallest absolute Gasteiger partial charge is 0.230 e. The molecular formula is C26H27N5O3S. The van der Waals surface area contributed by atoms with E-state index in [4.69, 9.17) is 9.47 Å². The van der Waals surface area contributed by atoms with Crippen LogP contribution in [0.2, 0.25) is 0 Å². The molecule has 4 aromatic rings. The number of methoxy groups -OCH3 is 1. The van der Waals surface area contributed by atoms with Crippen molar-refractivity contribution in [3.63, 3.8) is 0 Å². The van der Waals surface area contributed by atoms with Gasteiger partial charge in [-0.1, -0.05) is 30.0 Å². The van der Waals surface area contributed by atoms with Gasteiger partial charge in [-0.15, -0.1) is 10.2 Å². The molecule has 2 heterocycles. The van der Waals surface area contributed by atoms with E-state index < -0.39 is 0 Å². The van der Waals surface area contributed by atoms with Crippen molar-refractivity contribution in [2.75, 3.05) is 12.9 Å². The Morgan fingerprint density at radius 1 is 1.03 bits per heavy atom. The van der Waals surface area contributed by atoms with Crippen LogP contribution in [0.3, 0.4) is 0 Å². The highest BCUT2D eigenvalue weighted by Crippen LogP contribution is 2.25. The Bertz CT molecular complexity index is 1300. The fourth-order valence-corrected chi connectivity index (χ4v) is 4.18. The molecule has 0 unspecified atom stereocenters. The van der Waals surface area contributed by atoms with E-state index >= 15 is 0 Å². The Hall–Kier alpha value is -3.85. The van der Waals surface area contributed by atoms with E-state index in [1.165, 1.54) is 11.8 Å². The summed E-state index contributed by atoms with van der Waals surface area (Å²) in [6.07, 6.45) is 1.71. The molecule has 0 fully saturated rings. The number of thioether (sulfide) groups is 1. The summed E-state index contributed by atoms with van der Waals surface area (Å²) in [6.45, 7) is 6.27. The lowest BCUT2D eigenvalue weighted by molar-refractivity contribution is -0.118. The lowest BCUT2D eigenvalue weighted by Crippen LogP contribution is -2.24. The number of carbonyl (C=O) groups is 1. The Kier molecular flexibility index (Phi) is 7.67. The van der Waals surface area contributed by atoms with Gasteiger partial charge in [0.25, 0.3) is 0 Å². The first-order chi connectivity index (χ1) is 16.9. The minimum atomic E-state index is -0.104. The number of hydrogen-bond donors (Lipinski definition) is 1. The molecule has 0 saturated heterocycles. The number of amides is 1. The second-order valence-corrected chi connectivity index (χ2v) is 8.95. The number of pyridine rings is 1. The molecule has 2 aromatic carbocycles. The van der Waals surface area contributed by atoms with Gasteiger partial charge in [-0.2, -0.15) is 0 Å². The number of nitrogens with zero attached hydrogens (tertiary/aromatic N) is 4. The molecule has 9 heteroatoms. The van der Waals surface area contributed by atoms with E-state index in [1.54, 1.807) is 19.4 Å². The van der Waals surface area contributed by atoms with Crippen molar-refractivity contribution in [3.8, 4) is 23.1 Å². The van der Waals surface area contributed by atoms with Gasteiger partial charge in [-0.25, -0.2) is 4.98 Å². The van der Waals surface area contributed by atoms with Gasteiger partial charge in [-0.3, -0.25) is 9.36 Å². The molecule has 180 valence electrons. The molecule has 0 atom stereocenters. The lowest BCUT2D eigenvalue weighted by atomic mass is 10.1. The maximum Gasteiger partial charge on any atom is 0.230 e. The van der Waals surface area contributed by atoms with Crippen molar-refractivity contribution in [3.05, 3.63) is 83.3 Å². The average molecular weight is 490 g/mol. The number of nitrogens with one attached hydrogen (secondary N) is 1. The minimum absolute atomic E-state index is 0.104. The van der Waals surface area contributed by atoms with Gasteiger partial charge in [-0.05, 0) is 67.8 Å². The fourth-order valence-electron chi connectivity index (χ4n) is 3.35. The monoisotopic (exact) mass is 489 g/mol. The summed E-state index contributed by atoms with van der Waals surface area (Å²) in [5.74, 6) is 2.92. The van der Waals surface area contributed by atoms with Crippen molar-refractivity contribution in [1.29, 1.82) is 0 Å². The van der Waals surface area contributed by atoms with E-state index in [0.29, 0.717) is 17.6 Å². The first-order valence-electron chi connectivity index (χ1n) is 11.1. The Labute approximate surface area is 208 Å². The van der Waals surface area contributed by atoms with Gasteiger partial charge in [0.1, 0.15) is 17.3 Å². The normalized spacial score (nSPS) is 10.7. The molecule has 0 saturated carbocycles. The topological polar surface area (TPSA) is 91.2 Å². The minimum Gasteiger partial charge on any atom is -0.497 e. The zero-order valence-electron chi connectivity index (χ0n) is 20.1. The highest BCUT2D eigenvalue weighted by atomic mass is 32.2. The number of rotatable bonds is 9. The third-order valence-corrected chi connectivity index (χ3v) is 6.23. The number of benzene rings is 2. The first-order valence-corrected chi connectivity index (χ1v) is 12.1. The summed E-state index contributed by atoms with van der Waals surface area (Å²) in [5, 5.41) is 12.0. The van der Waals surface area contributed by atoms with E-state index in [-0.39, 0.29) is 11.7 Å². The molecule has 8 nitrogen and oxygen atoms in total. The highest BCUT2D eigenvalue weighted by molar-refractivity contribution is 7.99. The van der Waals surface area contributed by atoms with Crippen molar-refractivity contribution < 1.29 is 14.3 Å². The lowest BCUT2D eigenvalue weighted by Gasteiger charge is -2.10. The van der Waals surface area contributed by atoms with Crippen LogP contribution in [0.1, 0.15) is 22.5 Å². The molecule has 1 amide bonds. The third kappa shape index (κ3) is 6.19. The van der Waals surface area contributed by atoms with Crippen molar-refractivity contribution >= 4 is 17.7 Å². The molecule has 2 aromatic heterocycles. The molecule has 4 rings (SSSR count). The molecule has 0 aliphatic rings. The van der Waals surface area contributed by atoms with Crippen LogP contribution in [-0.2, 0) is 11.3 Å². The van der Waals surface area contributed by atoms with Gasteiger partial charge in [0.15, 0.2) is 5.16 Å². The highest BCUT2D eigenvalue weighted by Gasteiger charge is 2.14. The summed E-state index contributed by atoms with van der Waals surface area (Å²) >= 11 is 1.33. The summed E-state index contributed by atoms with van der Waals surface area (Å²) in [6, 6.07) is 17.4. The zero-order valence-corrected chi connectivity index (χ0v) is 20.9. The quantitative estimate of drug-likeness (QED) is 0.338. The largest absolute Gasteiger partial charge is 0.497 e. The maximum atomic E-state index is 12.5. The second kappa shape index (κ2) is 11.1.